The van der Waals surface area contributed by atoms with Crippen molar-refractivity contribution >= 4 is 11.6 Å². The van der Waals surface area contributed by atoms with Crippen LogP contribution in [0.2, 0.25) is 0 Å². The Labute approximate surface area is 176 Å². The van der Waals surface area contributed by atoms with E-state index in [2.05, 4.69) is 5.32 Å². The molecule has 0 aliphatic rings. The summed E-state index contributed by atoms with van der Waals surface area (Å²) in [5.74, 6) is 1.22. The maximum Gasteiger partial charge on any atom is 0.255 e. The van der Waals surface area contributed by atoms with Crippen LogP contribution in [-0.4, -0.2) is 37.4 Å². The molecule has 30 heavy (non-hydrogen) atoms. The van der Waals surface area contributed by atoms with Gasteiger partial charge in [-0.15, -0.1) is 0 Å². The number of methoxy groups -OCH3 is 1. The Kier molecular flexibility index (Phi) is 7.83. The molecule has 6 nitrogen and oxygen atoms in total. The van der Waals surface area contributed by atoms with E-state index in [1.165, 1.54) is 0 Å². The maximum atomic E-state index is 12.2. The van der Waals surface area contributed by atoms with E-state index >= 15 is 0 Å². The molecule has 6 heteroatoms. The molecular formula is C24H25NO5. The number of hydrogen-bond donors (Lipinski definition) is 2. The Bertz CT molecular complexity index is 911. The van der Waals surface area contributed by atoms with Gasteiger partial charge in [0.15, 0.2) is 0 Å². The van der Waals surface area contributed by atoms with E-state index in [1.807, 2.05) is 42.5 Å². The van der Waals surface area contributed by atoms with Crippen molar-refractivity contribution in [3.63, 3.8) is 0 Å². The molecule has 0 aliphatic carbocycles. The largest absolute Gasteiger partial charge is 0.497 e. The van der Waals surface area contributed by atoms with Crippen molar-refractivity contribution < 1.29 is 24.1 Å². The maximum absolute atomic E-state index is 12.2. The van der Waals surface area contributed by atoms with Crippen LogP contribution in [0.1, 0.15) is 15.9 Å². The highest BCUT2D eigenvalue weighted by Gasteiger charge is 2.08. The highest BCUT2D eigenvalue weighted by Crippen LogP contribution is 2.17. The zero-order chi connectivity index (χ0) is 21.2. The normalized spacial score (nSPS) is 11.5. The van der Waals surface area contributed by atoms with Gasteiger partial charge in [0.25, 0.3) is 5.91 Å². The molecule has 0 spiro atoms. The third kappa shape index (κ3) is 6.62. The second kappa shape index (κ2) is 11.0. The van der Waals surface area contributed by atoms with Crippen LogP contribution >= 0.6 is 0 Å². The van der Waals surface area contributed by atoms with Gasteiger partial charge >= 0.3 is 0 Å². The summed E-state index contributed by atoms with van der Waals surface area (Å²) in [7, 11) is 1.62. The Hall–Kier alpha value is -3.35. The number of carbonyl (C=O) groups excluding carboxylic acids is 1. The smallest absolute Gasteiger partial charge is 0.255 e. The van der Waals surface area contributed by atoms with Crippen LogP contribution < -0.4 is 14.8 Å². The second-order valence-corrected chi connectivity index (χ2v) is 6.67. The Morgan fingerprint density at radius 3 is 2.23 bits per heavy atom. The third-order valence-electron chi connectivity index (χ3n) is 4.33. The van der Waals surface area contributed by atoms with E-state index in [9.17, 15) is 9.90 Å². The molecule has 2 N–H and O–H groups in total. The standard InChI is InChI=1S/C24H25NO5/c1-28-22-11-7-18(8-12-22)15-29-16-21(26)17-30-23-13-9-20(10-14-23)25-24(27)19-5-3-2-4-6-19/h2-14,21,26H,15-17H2,1H3,(H,25,27)/t21-/m0/s1. The van der Waals surface area contributed by atoms with Gasteiger partial charge in [-0.05, 0) is 54.1 Å². The number of anilines is 1. The molecule has 156 valence electrons. The van der Waals surface area contributed by atoms with E-state index in [4.69, 9.17) is 14.2 Å². The molecule has 1 atom stereocenters. The van der Waals surface area contributed by atoms with Crippen LogP contribution in [0, 0.1) is 0 Å². The van der Waals surface area contributed by atoms with Crippen LogP contribution in [0.15, 0.2) is 78.9 Å². The number of carbonyl (C=O) groups is 1. The first-order chi connectivity index (χ1) is 14.6. The molecular weight excluding hydrogens is 382 g/mol. The van der Waals surface area contributed by atoms with E-state index in [0.717, 1.165) is 11.3 Å². The Balaban J connectivity index is 1.38. The Morgan fingerprint density at radius 2 is 1.57 bits per heavy atom. The van der Waals surface area contributed by atoms with Gasteiger partial charge in [-0.25, -0.2) is 0 Å². The molecule has 1 amide bonds. The third-order valence-corrected chi connectivity index (χ3v) is 4.33. The SMILES string of the molecule is COc1ccc(COC[C@H](O)COc2ccc(NC(=O)c3ccccc3)cc2)cc1. The zero-order valence-electron chi connectivity index (χ0n) is 16.8. The van der Waals surface area contributed by atoms with Crippen LogP contribution in [0.25, 0.3) is 0 Å². The minimum atomic E-state index is -0.749. The van der Waals surface area contributed by atoms with Crippen LogP contribution in [0.3, 0.4) is 0 Å². The van der Waals surface area contributed by atoms with E-state index < -0.39 is 6.10 Å². The van der Waals surface area contributed by atoms with E-state index in [-0.39, 0.29) is 19.1 Å². The number of hydrogen-bond acceptors (Lipinski definition) is 5. The number of aliphatic hydroxyl groups excluding tert-OH is 1. The van der Waals surface area contributed by atoms with E-state index in [1.54, 1.807) is 43.5 Å². The molecule has 3 aromatic carbocycles. The van der Waals surface area contributed by atoms with Gasteiger partial charge in [-0.3, -0.25) is 4.79 Å². The van der Waals surface area contributed by atoms with Gasteiger partial charge < -0.3 is 24.6 Å². The summed E-state index contributed by atoms with van der Waals surface area (Å²) in [6, 6.07) is 23.6. The fourth-order valence-corrected chi connectivity index (χ4v) is 2.70. The average molecular weight is 407 g/mol. The van der Waals surface area contributed by atoms with Crippen molar-refractivity contribution in [1.29, 1.82) is 0 Å². The minimum Gasteiger partial charge on any atom is -0.497 e. The van der Waals surface area contributed by atoms with Crippen molar-refractivity contribution in [3.05, 3.63) is 90.0 Å². The quantitative estimate of drug-likeness (QED) is 0.533. The van der Waals surface area contributed by atoms with Crippen LogP contribution in [0.4, 0.5) is 5.69 Å². The van der Waals surface area contributed by atoms with Gasteiger partial charge in [0.1, 0.15) is 24.2 Å². The molecule has 0 fully saturated rings. The summed E-state index contributed by atoms with van der Waals surface area (Å²) >= 11 is 0. The fourth-order valence-electron chi connectivity index (χ4n) is 2.70. The van der Waals surface area contributed by atoms with Crippen molar-refractivity contribution in [2.75, 3.05) is 25.6 Å². The number of aliphatic hydroxyl groups is 1. The van der Waals surface area contributed by atoms with Crippen molar-refractivity contribution in [3.8, 4) is 11.5 Å². The number of nitrogens with one attached hydrogen (secondary N) is 1. The number of rotatable bonds is 10. The predicted molar refractivity (Wildman–Crippen MR) is 115 cm³/mol. The summed E-state index contributed by atoms with van der Waals surface area (Å²) in [5.41, 5.74) is 2.26. The molecule has 0 bridgehead atoms. The fraction of sp³-hybridized carbons (Fsp3) is 0.208. The summed E-state index contributed by atoms with van der Waals surface area (Å²) in [6.07, 6.45) is -0.749. The highest BCUT2D eigenvalue weighted by atomic mass is 16.5. The van der Waals surface area contributed by atoms with Gasteiger partial charge in [-0.1, -0.05) is 30.3 Å². The summed E-state index contributed by atoms with van der Waals surface area (Å²) in [5, 5.41) is 12.9. The van der Waals surface area contributed by atoms with Crippen molar-refractivity contribution in [1.82, 2.24) is 0 Å². The predicted octanol–water partition coefficient (Wildman–Crippen LogP) is 3.90. The second-order valence-electron chi connectivity index (χ2n) is 6.67. The van der Waals surface area contributed by atoms with Gasteiger partial charge in [-0.2, -0.15) is 0 Å². The van der Waals surface area contributed by atoms with Gasteiger partial charge in [0.2, 0.25) is 0 Å². The Morgan fingerprint density at radius 1 is 0.900 bits per heavy atom. The number of ether oxygens (including phenoxy) is 3. The van der Waals surface area contributed by atoms with E-state index in [0.29, 0.717) is 23.6 Å². The molecule has 0 saturated carbocycles. The van der Waals surface area contributed by atoms with Crippen LogP contribution in [-0.2, 0) is 11.3 Å². The lowest BCUT2D eigenvalue weighted by atomic mass is 10.2. The molecule has 3 rings (SSSR count). The molecule has 3 aromatic rings. The summed E-state index contributed by atoms with van der Waals surface area (Å²) in [4.78, 5) is 12.2. The monoisotopic (exact) mass is 407 g/mol. The molecule has 0 aliphatic heterocycles. The minimum absolute atomic E-state index is 0.109. The van der Waals surface area contributed by atoms with Gasteiger partial charge in [0.05, 0.1) is 20.3 Å². The lowest BCUT2D eigenvalue weighted by Gasteiger charge is -2.13. The lowest BCUT2D eigenvalue weighted by molar-refractivity contribution is 0.00548. The zero-order valence-corrected chi connectivity index (χ0v) is 16.8. The van der Waals surface area contributed by atoms with Crippen molar-refractivity contribution in [2.24, 2.45) is 0 Å². The highest BCUT2D eigenvalue weighted by molar-refractivity contribution is 6.04. The molecule has 0 heterocycles. The first-order valence-corrected chi connectivity index (χ1v) is 9.62. The number of benzene rings is 3. The average Bonchev–Trinajstić information content (AvgIpc) is 2.79. The molecule has 0 saturated heterocycles. The molecule has 0 unspecified atom stereocenters. The van der Waals surface area contributed by atoms with Crippen molar-refractivity contribution in [2.45, 2.75) is 12.7 Å². The topological polar surface area (TPSA) is 77.0 Å². The van der Waals surface area contributed by atoms with Crippen LogP contribution in [0.5, 0.6) is 11.5 Å². The molecule has 0 aromatic heterocycles. The van der Waals surface area contributed by atoms with Gasteiger partial charge in [0, 0.05) is 11.3 Å². The first-order valence-electron chi connectivity index (χ1n) is 9.62. The summed E-state index contributed by atoms with van der Waals surface area (Å²) in [6.45, 7) is 0.673. The lowest BCUT2D eigenvalue weighted by Crippen LogP contribution is -2.23. The molecule has 0 radical (unpaired) electrons. The first kappa shape index (κ1) is 21.4. The number of amides is 1. The summed E-state index contributed by atoms with van der Waals surface area (Å²) < 4.78 is 16.2.